The molecule has 0 saturated carbocycles. The van der Waals surface area contributed by atoms with Gasteiger partial charge in [-0.1, -0.05) is 25.9 Å². The monoisotopic (exact) mass is 202 g/mol. The summed E-state index contributed by atoms with van der Waals surface area (Å²) in [4.78, 5) is 19.1. The molecule has 1 aliphatic heterocycles. The second-order valence-corrected chi connectivity index (χ2v) is 4.24. The maximum atomic E-state index is 9.92. The Balaban J connectivity index is 2.36. The molecule has 0 N–H and O–H groups in total. The van der Waals surface area contributed by atoms with Crippen molar-refractivity contribution in [1.82, 2.24) is 0 Å². The van der Waals surface area contributed by atoms with Gasteiger partial charge in [-0.05, 0) is 0 Å². The molecule has 6 nitrogen and oxygen atoms in total. The molecule has 0 aromatic heterocycles. The highest BCUT2D eigenvalue weighted by atomic mass is 17.0. The Hall–Kier alpha value is -1.33. The quantitative estimate of drug-likeness (QED) is 0.512. The fourth-order valence-electron chi connectivity index (χ4n) is 1.10. The molecule has 0 radical (unpaired) electrons. The topological polar surface area (TPSA) is 74.0 Å². The molecule has 1 aliphatic rings. The first-order valence-corrected chi connectivity index (χ1v) is 4.40. The van der Waals surface area contributed by atoms with Crippen molar-refractivity contribution >= 4 is 5.71 Å². The van der Waals surface area contributed by atoms with Gasteiger partial charge in [-0.25, -0.2) is 0 Å². The van der Waals surface area contributed by atoms with Crippen LogP contribution >= 0.6 is 0 Å². The van der Waals surface area contributed by atoms with Gasteiger partial charge in [0.25, 0.3) is 5.09 Å². The molecule has 14 heavy (non-hydrogen) atoms. The highest BCUT2D eigenvalue weighted by Gasteiger charge is 2.29. The van der Waals surface area contributed by atoms with Crippen molar-refractivity contribution in [1.29, 1.82) is 0 Å². The fraction of sp³-hybridized carbons (Fsp3) is 0.875. The van der Waals surface area contributed by atoms with Gasteiger partial charge in [0.2, 0.25) is 0 Å². The van der Waals surface area contributed by atoms with Gasteiger partial charge < -0.3 is 9.68 Å². The van der Waals surface area contributed by atoms with Crippen molar-refractivity contribution in [3.05, 3.63) is 10.1 Å². The second kappa shape index (κ2) is 3.81. The Labute approximate surface area is 82.0 Å². The normalized spacial score (nSPS) is 21.4. The average molecular weight is 202 g/mol. The van der Waals surface area contributed by atoms with Crippen LogP contribution in [0.3, 0.4) is 0 Å². The van der Waals surface area contributed by atoms with E-state index in [1.807, 2.05) is 20.8 Å². The number of oxime groups is 1. The minimum atomic E-state index is -0.821. The smallest absolute Gasteiger partial charge is 0.294 e. The van der Waals surface area contributed by atoms with Crippen LogP contribution in [0.1, 0.15) is 27.2 Å². The van der Waals surface area contributed by atoms with Crippen LogP contribution in [0, 0.1) is 15.5 Å². The molecular formula is C8H14N2O4. The highest BCUT2D eigenvalue weighted by Crippen LogP contribution is 2.25. The van der Waals surface area contributed by atoms with Gasteiger partial charge in [0.05, 0.1) is 5.71 Å². The Morgan fingerprint density at radius 2 is 2.36 bits per heavy atom. The fourth-order valence-corrected chi connectivity index (χ4v) is 1.10. The number of rotatable bonds is 3. The summed E-state index contributed by atoms with van der Waals surface area (Å²) in [5.74, 6) is 0. The van der Waals surface area contributed by atoms with Crippen LogP contribution in [0.2, 0.25) is 0 Å². The molecule has 0 aromatic rings. The Bertz CT molecular complexity index is 257. The van der Waals surface area contributed by atoms with Gasteiger partial charge in [-0.2, -0.15) is 0 Å². The van der Waals surface area contributed by atoms with Crippen molar-refractivity contribution in [3.8, 4) is 0 Å². The number of hydrogen-bond donors (Lipinski definition) is 0. The molecule has 1 atom stereocenters. The predicted octanol–water partition coefficient (Wildman–Crippen LogP) is 1.39. The van der Waals surface area contributed by atoms with Gasteiger partial charge >= 0.3 is 0 Å². The van der Waals surface area contributed by atoms with Crippen molar-refractivity contribution < 1.29 is 14.8 Å². The van der Waals surface area contributed by atoms with Crippen LogP contribution < -0.4 is 0 Å². The predicted molar refractivity (Wildman–Crippen MR) is 49.3 cm³/mol. The molecule has 0 bridgehead atoms. The summed E-state index contributed by atoms with van der Waals surface area (Å²) in [6, 6.07) is 0. The van der Waals surface area contributed by atoms with E-state index in [0.29, 0.717) is 6.42 Å². The molecule has 0 fully saturated rings. The lowest BCUT2D eigenvalue weighted by Gasteiger charge is -2.16. The van der Waals surface area contributed by atoms with E-state index < -0.39 is 5.09 Å². The van der Waals surface area contributed by atoms with Crippen LogP contribution in [-0.2, 0) is 9.68 Å². The molecule has 0 aromatic carbocycles. The van der Waals surface area contributed by atoms with Gasteiger partial charge in [0.15, 0.2) is 6.10 Å². The SMILES string of the molecule is CC(C)(C)C1=NOC(CO[N+](=O)[O-])C1. The molecule has 6 heteroatoms. The third-order valence-electron chi connectivity index (χ3n) is 1.96. The average Bonchev–Trinajstić information content (AvgIpc) is 2.47. The Morgan fingerprint density at radius 3 is 2.79 bits per heavy atom. The molecular weight excluding hydrogens is 188 g/mol. The molecule has 0 amide bonds. The lowest BCUT2D eigenvalue weighted by atomic mass is 9.87. The Morgan fingerprint density at radius 1 is 1.71 bits per heavy atom. The first-order chi connectivity index (χ1) is 6.39. The van der Waals surface area contributed by atoms with Gasteiger partial charge in [-0.15, -0.1) is 10.1 Å². The maximum Gasteiger partial charge on any atom is 0.294 e. The van der Waals surface area contributed by atoms with Crippen LogP contribution in [0.4, 0.5) is 0 Å². The van der Waals surface area contributed by atoms with E-state index in [-0.39, 0.29) is 18.1 Å². The largest absolute Gasteiger partial charge is 0.390 e. The summed E-state index contributed by atoms with van der Waals surface area (Å²) in [5, 5.41) is 13.0. The zero-order valence-corrected chi connectivity index (χ0v) is 8.52. The molecule has 1 unspecified atom stereocenters. The van der Waals surface area contributed by atoms with Crippen molar-refractivity contribution in [2.24, 2.45) is 10.6 Å². The van der Waals surface area contributed by atoms with Gasteiger partial charge in [0.1, 0.15) is 6.61 Å². The van der Waals surface area contributed by atoms with E-state index >= 15 is 0 Å². The number of hydrogen-bond acceptors (Lipinski definition) is 5. The van der Waals surface area contributed by atoms with Crippen molar-refractivity contribution in [2.75, 3.05) is 6.61 Å². The standard InChI is InChI=1S/C8H14N2O4/c1-8(2,3)7-4-6(14-9-7)5-13-10(11)12/h6H,4-5H2,1-3H3. The molecule has 1 rings (SSSR count). The minimum absolute atomic E-state index is 0.0522. The lowest BCUT2D eigenvalue weighted by molar-refractivity contribution is -0.759. The zero-order chi connectivity index (χ0) is 10.8. The molecule has 0 aliphatic carbocycles. The molecule has 0 saturated heterocycles. The van der Waals surface area contributed by atoms with E-state index in [9.17, 15) is 10.1 Å². The van der Waals surface area contributed by atoms with Gasteiger partial charge in [0, 0.05) is 11.8 Å². The molecule has 80 valence electrons. The summed E-state index contributed by atoms with van der Waals surface area (Å²) in [5.41, 5.74) is 0.859. The van der Waals surface area contributed by atoms with Crippen molar-refractivity contribution in [2.45, 2.75) is 33.3 Å². The second-order valence-electron chi connectivity index (χ2n) is 4.24. The summed E-state index contributed by atoms with van der Waals surface area (Å²) in [6.07, 6.45) is 0.270. The van der Waals surface area contributed by atoms with E-state index in [1.54, 1.807) is 0 Å². The first kappa shape index (κ1) is 10.7. The minimum Gasteiger partial charge on any atom is -0.390 e. The Kier molecular flexibility index (Phi) is 2.93. The summed E-state index contributed by atoms with van der Waals surface area (Å²) < 4.78 is 0. The first-order valence-electron chi connectivity index (χ1n) is 4.40. The van der Waals surface area contributed by atoms with E-state index in [4.69, 9.17) is 4.84 Å². The summed E-state index contributed by atoms with van der Waals surface area (Å²) in [6.45, 7) is 6.00. The number of nitrogens with zero attached hydrogens (tertiary/aromatic N) is 2. The molecule has 1 heterocycles. The maximum absolute atomic E-state index is 9.92. The summed E-state index contributed by atoms with van der Waals surface area (Å²) in [7, 11) is 0. The summed E-state index contributed by atoms with van der Waals surface area (Å²) >= 11 is 0. The van der Waals surface area contributed by atoms with Crippen LogP contribution in [0.5, 0.6) is 0 Å². The third kappa shape index (κ3) is 2.86. The van der Waals surface area contributed by atoms with E-state index in [1.165, 1.54) is 0 Å². The lowest BCUT2D eigenvalue weighted by Crippen LogP contribution is -2.23. The van der Waals surface area contributed by atoms with Crippen LogP contribution in [0.15, 0.2) is 5.16 Å². The molecule has 0 spiro atoms. The third-order valence-corrected chi connectivity index (χ3v) is 1.96. The highest BCUT2D eigenvalue weighted by molar-refractivity contribution is 5.90. The van der Waals surface area contributed by atoms with Crippen molar-refractivity contribution in [3.63, 3.8) is 0 Å². The van der Waals surface area contributed by atoms with E-state index in [0.717, 1.165) is 5.71 Å². The van der Waals surface area contributed by atoms with Crippen LogP contribution in [-0.4, -0.2) is 23.5 Å². The van der Waals surface area contributed by atoms with Gasteiger partial charge in [-0.3, -0.25) is 0 Å². The van der Waals surface area contributed by atoms with E-state index in [2.05, 4.69) is 9.99 Å². The zero-order valence-electron chi connectivity index (χ0n) is 8.52. The van der Waals surface area contributed by atoms with Crippen LogP contribution in [0.25, 0.3) is 0 Å².